The topological polar surface area (TPSA) is 125 Å². The van der Waals surface area contributed by atoms with Gasteiger partial charge in [-0.1, -0.05) is 6.92 Å². The summed E-state index contributed by atoms with van der Waals surface area (Å²) in [6, 6.07) is 3.93. The van der Waals surface area contributed by atoms with E-state index in [2.05, 4.69) is 16.3 Å². The monoisotopic (exact) mass is 370 g/mol. The van der Waals surface area contributed by atoms with E-state index in [-0.39, 0.29) is 18.2 Å². The first-order valence-electron chi connectivity index (χ1n) is 8.33. The highest BCUT2D eigenvalue weighted by Gasteiger charge is 2.39. The summed E-state index contributed by atoms with van der Waals surface area (Å²) >= 11 is 0. The molecular formula is C18H18N4O5. The molecule has 9 heteroatoms. The number of methoxy groups -OCH3 is 2. The fourth-order valence-corrected chi connectivity index (χ4v) is 3.50. The van der Waals surface area contributed by atoms with E-state index >= 15 is 0 Å². The molecule has 1 atom stereocenters. The number of aromatic nitrogens is 2. The van der Waals surface area contributed by atoms with E-state index in [1.54, 1.807) is 6.07 Å². The van der Waals surface area contributed by atoms with Crippen LogP contribution in [0.2, 0.25) is 0 Å². The summed E-state index contributed by atoms with van der Waals surface area (Å²) < 4.78 is 27.8. The van der Waals surface area contributed by atoms with Crippen molar-refractivity contribution in [3.63, 3.8) is 0 Å². The highest BCUT2D eigenvalue weighted by atomic mass is 16.7. The Morgan fingerprint density at radius 3 is 2.78 bits per heavy atom. The Labute approximate surface area is 155 Å². The molecule has 2 aliphatic heterocycles. The Morgan fingerprint density at radius 1 is 1.33 bits per heavy atom. The fraction of sp³-hybridized carbons (Fsp3) is 0.333. The van der Waals surface area contributed by atoms with Crippen molar-refractivity contribution < 1.29 is 23.7 Å². The minimum atomic E-state index is -0.550. The lowest BCUT2D eigenvalue weighted by atomic mass is 9.82. The number of nitrogens with two attached hydrogens (primary N) is 1. The zero-order chi connectivity index (χ0) is 19.1. The van der Waals surface area contributed by atoms with Gasteiger partial charge in [0, 0.05) is 11.3 Å². The highest BCUT2D eigenvalue weighted by Crippen LogP contribution is 2.55. The Bertz CT molecular complexity index is 989. The van der Waals surface area contributed by atoms with E-state index in [9.17, 15) is 5.26 Å². The summed E-state index contributed by atoms with van der Waals surface area (Å²) in [6.07, 6.45) is 0.671. The van der Waals surface area contributed by atoms with Crippen LogP contribution in [-0.4, -0.2) is 31.2 Å². The van der Waals surface area contributed by atoms with Gasteiger partial charge in [-0.25, -0.2) is 0 Å². The van der Waals surface area contributed by atoms with Crippen LogP contribution in [0.1, 0.15) is 29.7 Å². The molecule has 0 saturated heterocycles. The average Bonchev–Trinajstić information content (AvgIpc) is 3.32. The van der Waals surface area contributed by atoms with E-state index in [1.165, 1.54) is 14.2 Å². The highest BCUT2D eigenvalue weighted by molar-refractivity contribution is 5.69. The van der Waals surface area contributed by atoms with Gasteiger partial charge in [-0.05, 0) is 12.5 Å². The Balaban J connectivity index is 2.03. The maximum atomic E-state index is 9.78. The van der Waals surface area contributed by atoms with Crippen molar-refractivity contribution in [3.05, 3.63) is 34.3 Å². The lowest BCUT2D eigenvalue weighted by Crippen LogP contribution is -2.21. The van der Waals surface area contributed by atoms with Crippen LogP contribution in [0.5, 0.6) is 28.9 Å². The number of ether oxygens (including phenoxy) is 5. The normalized spacial score (nSPS) is 17.2. The molecule has 0 radical (unpaired) electrons. The van der Waals surface area contributed by atoms with E-state index in [0.717, 1.165) is 11.3 Å². The molecule has 2 aliphatic rings. The van der Waals surface area contributed by atoms with Crippen LogP contribution in [0.3, 0.4) is 0 Å². The molecule has 4 rings (SSSR count). The van der Waals surface area contributed by atoms with Crippen LogP contribution in [0.25, 0.3) is 0 Å². The number of aryl methyl sites for hydroxylation is 1. The minimum Gasteiger partial charge on any atom is -0.493 e. The lowest BCUT2D eigenvalue weighted by molar-refractivity contribution is 0.168. The number of rotatable bonds is 4. The fourth-order valence-electron chi connectivity index (χ4n) is 3.50. The standard InChI is InChI=1S/C18H18N4O5/c1-4-10-13-12(9(6-19)17(20)27-18(13)22-21-10)8-5-11(23-2)15-16(14(8)24-3)26-7-25-15/h5,12H,4,7,20H2,1-3H3,(H,21,22). The largest absolute Gasteiger partial charge is 0.493 e. The molecular weight excluding hydrogens is 352 g/mol. The Kier molecular flexibility index (Phi) is 3.96. The van der Waals surface area contributed by atoms with Gasteiger partial charge in [0.25, 0.3) is 0 Å². The molecule has 1 aromatic carbocycles. The van der Waals surface area contributed by atoms with Crippen molar-refractivity contribution in [3.8, 4) is 34.9 Å². The summed E-state index contributed by atoms with van der Waals surface area (Å²) in [5.74, 6) is 1.61. The predicted molar refractivity (Wildman–Crippen MR) is 92.9 cm³/mol. The number of fused-ring (bicyclic) bond motifs is 2. The van der Waals surface area contributed by atoms with Gasteiger partial charge < -0.3 is 29.4 Å². The third kappa shape index (κ3) is 2.33. The zero-order valence-corrected chi connectivity index (χ0v) is 15.1. The van der Waals surface area contributed by atoms with Crippen molar-refractivity contribution in [2.75, 3.05) is 21.0 Å². The van der Waals surface area contributed by atoms with Gasteiger partial charge in [0.2, 0.25) is 30.1 Å². The predicted octanol–water partition coefficient (Wildman–Crippen LogP) is 1.94. The summed E-state index contributed by atoms with van der Waals surface area (Å²) in [5, 5.41) is 16.9. The van der Waals surface area contributed by atoms with Gasteiger partial charge in [-0.2, -0.15) is 5.26 Å². The van der Waals surface area contributed by atoms with E-state index in [1.807, 2.05) is 6.92 Å². The van der Waals surface area contributed by atoms with Gasteiger partial charge in [0.1, 0.15) is 11.6 Å². The maximum absolute atomic E-state index is 9.78. The number of benzene rings is 1. The quantitative estimate of drug-likeness (QED) is 0.836. The molecule has 27 heavy (non-hydrogen) atoms. The number of H-pyrrole nitrogens is 1. The second-order valence-electron chi connectivity index (χ2n) is 5.97. The van der Waals surface area contributed by atoms with Crippen LogP contribution in [-0.2, 0) is 6.42 Å². The third-order valence-electron chi connectivity index (χ3n) is 4.70. The molecule has 1 unspecified atom stereocenters. The number of nitriles is 1. The first kappa shape index (κ1) is 16.9. The van der Waals surface area contributed by atoms with E-state index in [0.29, 0.717) is 40.9 Å². The Hall–Kier alpha value is -3.54. The third-order valence-corrected chi connectivity index (χ3v) is 4.70. The molecule has 3 heterocycles. The molecule has 0 amide bonds. The number of hydrogen-bond acceptors (Lipinski definition) is 8. The first-order valence-corrected chi connectivity index (χ1v) is 8.33. The second-order valence-corrected chi connectivity index (χ2v) is 5.97. The minimum absolute atomic E-state index is 0.00263. The van der Waals surface area contributed by atoms with Crippen molar-refractivity contribution in [1.82, 2.24) is 10.2 Å². The Morgan fingerprint density at radius 2 is 2.11 bits per heavy atom. The van der Waals surface area contributed by atoms with Gasteiger partial charge in [-0.15, -0.1) is 5.10 Å². The number of nitrogens with one attached hydrogen (secondary N) is 1. The molecule has 0 spiro atoms. The summed E-state index contributed by atoms with van der Waals surface area (Å²) in [6.45, 7) is 2.04. The SMILES string of the molecule is CCc1[nH]nc2c1C(c1cc(OC)c3c(c1OC)OCO3)C(C#N)=C(N)O2. The van der Waals surface area contributed by atoms with Crippen LogP contribution < -0.4 is 29.4 Å². The summed E-state index contributed by atoms with van der Waals surface area (Å²) in [4.78, 5) is 0. The van der Waals surface area contributed by atoms with Crippen LogP contribution in [0.15, 0.2) is 17.5 Å². The number of aromatic amines is 1. The van der Waals surface area contributed by atoms with Crippen molar-refractivity contribution in [1.29, 1.82) is 5.26 Å². The number of allylic oxidation sites excluding steroid dienone is 1. The van der Waals surface area contributed by atoms with Crippen LogP contribution >= 0.6 is 0 Å². The molecule has 3 N–H and O–H groups in total. The lowest BCUT2D eigenvalue weighted by Gasteiger charge is -2.26. The number of hydrogen-bond donors (Lipinski definition) is 2. The zero-order valence-electron chi connectivity index (χ0n) is 15.1. The van der Waals surface area contributed by atoms with Crippen molar-refractivity contribution >= 4 is 0 Å². The summed E-state index contributed by atoms with van der Waals surface area (Å²) in [7, 11) is 3.07. The van der Waals surface area contributed by atoms with Gasteiger partial charge in [-0.3, -0.25) is 5.10 Å². The van der Waals surface area contributed by atoms with E-state index in [4.69, 9.17) is 29.4 Å². The summed E-state index contributed by atoms with van der Waals surface area (Å²) in [5.41, 5.74) is 8.50. The van der Waals surface area contributed by atoms with Gasteiger partial charge >= 0.3 is 0 Å². The molecule has 0 saturated carbocycles. The molecule has 0 bridgehead atoms. The first-order chi connectivity index (χ1) is 13.1. The molecule has 0 fully saturated rings. The molecule has 0 aliphatic carbocycles. The van der Waals surface area contributed by atoms with Crippen LogP contribution in [0.4, 0.5) is 0 Å². The van der Waals surface area contributed by atoms with Gasteiger partial charge in [0.05, 0.1) is 25.7 Å². The maximum Gasteiger partial charge on any atom is 0.244 e. The molecule has 1 aromatic heterocycles. The molecule has 140 valence electrons. The molecule has 9 nitrogen and oxygen atoms in total. The van der Waals surface area contributed by atoms with E-state index < -0.39 is 5.92 Å². The molecule has 2 aromatic rings. The second kappa shape index (κ2) is 6.32. The van der Waals surface area contributed by atoms with Crippen molar-refractivity contribution in [2.45, 2.75) is 19.3 Å². The smallest absolute Gasteiger partial charge is 0.244 e. The van der Waals surface area contributed by atoms with Crippen LogP contribution in [0, 0.1) is 11.3 Å². The average molecular weight is 370 g/mol. The van der Waals surface area contributed by atoms with Crippen molar-refractivity contribution in [2.24, 2.45) is 5.73 Å². The number of nitrogens with zero attached hydrogens (tertiary/aromatic N) is 2. The van der Waals surface area contributed by atoms with Gasteiger partial charge in [0.15, 0.2) is 11.5 Å².